The Hall–Kier alpha value is -17.1. The van der Waals surface area contributed by atoms with E-state index < -0.39 is 0 Å². The molecule has 0 atom stereocenters. The number of nitrogens with zero attached hydrogens (tertiary/aromatic N) is 6. The van der Waals surface area contributed by atoms with E-state index in [9.17, 15) is 0 Å². The Morgan fingerprint density at radius 3 is 0.833 bits per heavy atom. The van der Waals surface area contributed by atoms with Crippen LogP contribution in [0.2, 0.25) is 0 Å². The van der Waals surface area contributed by atoms with E-state index in [1.807, 2.05) is 91.0 Å². The van der Waals surface area contributed by atoms with Gasteiger partial charge in [-0.2, -0.15) is 0 Å². The second kappa shape index (κ2) is 29.4. The summed E-state index contributed by atoms with van der Waals surface area (Å²) in [6.45, 7) is 0. The van der Waals surface area contributed by atoms with Crippen molar-refractivity contribution in [3.8, 4) is 124 Å². The SMILES string of the molecule is c1ccc(-c2ccc3c(c2)c2cc(-c4ccc5oc6cc7c(cc6c5c4)oc4ccc(-c5nc(-c6ccccc6)cc(-c6ccccc6)n5)cc47)ccc2n3-c2ccccc2)cc1.c1ccc(-c2ccc3c(c2)c2cc(-c4cccc5c4oc4cc6c(cc45)oc4c(-c5nc(-c7ccccc7)cc(-c7ccccc7)n5)cccc46)ccc2n3-c2ccccc2)cc1. The predicted octanol–water partition coefficient (Wildman–Crippen LogP) is 31.4. The summed E-state index contributed by atoms with van der Waals surface area (Å²) in [4.78, 5) is 20.4. The van der Waals surface area contributed by atoms with Crippen LogP contribution in [0.15, 0.2) is 442 Å². The van der Waals surface area contributed by atoms with E-state index in [0.29, 0.717) is 11.6 Å². The van der Waals surface area contributed by atoms with Gasteiger partial charge in [-0.25, -0.2) is 19.9 Å². The average Bonchev–Trinajstić information content (AvgIpc) is 1.58. The quantitative estimate of drug-likeness (QED) is 0.119. The molecule has 0 saturated carbocycles. The van der Waals surface area contributed by atoms with Gasteiger partial charge < -0.3 is 26.8 Å². The Bertz CT molecular complexity index is 8690. The third kappa shape index (κ3) is 12.3. The molecular weight excluding hydrogens is 1540 g/mol. The zero-order valence-corrected chi connectivity index (χ0v) is 67.7. The molecule has 8 aromatic heterocycles. The molecule has 0 amide bonds. The third-order valence-corrected chi connectivity index (χ3v) is 24.8. The third-order valence-electron chi connectivity index (χ3n) is 24.8. The molecule has 0 bridgehead atoms. The molecule has 588 valence electrons. The van der Waals surface area contributed by atoms with Gasteiger partial charge in [-0.1, -0.05) is 279 Å². The van der Waals surface area contributed by atoms with Gasteiger partial charge in [0.2, 0.25) is 0 Å². The summed E-state index contributed by atoms with van der Waals surface area (Å²) in [5.41, 5.74) is 31.9. The normalized spacial score (nSPS) is 11.8. The minimum Gasteiger partial charge on any atom is -0.456 e. The van der Waals surface area contributed by atoms with Gasteiger partial charge in [-0.15, -0.1) is 0 Å². The van der Waals surface area contributed by atoms with Crippen molar-refractivity contribution in [1.82, 2.24) is 29.1 Å². The first-order chi connectivity index (χ1) is 62.4. The molecule has 0 N–H and O–H groups in total. The van der Waals surface area contributed by atoms with Crippen molar-refractivity contribution in [1.29, 1.82) is 0 Å². The van der Waals surface area contributed by atoms with Crippen LogP contribution in [-0.4, -0.2) is 29.1 Å². The van der Waals surface area contributed by atoms with Crippen molar-refractivity contribution in [3.05, 3.63) is 425 Å². The van der Waals surface area contributed by atoms with Crippen LogP contribution in [0.5, 0.6) is 0 Å². The Labute approximate surface area is 721 Å². The summed E-state index contributed by atoms with van der Waals surface area (Å²) in [7, 11) is 0. The number of aromatic nitrogens is 6. The van der Waals surface area contributed by atoms with Crippen molar-refractivity contribution in [2.45, 2.75) is 0 Å². The van der Waals surface area contributed by atoms with Crippen LogP contribution in [0, 0.1) is 0 Å². The maximum absolute atomic E-state index is 6.89. The van der Waals surface area contributed by atoms with Crippen LogP contribution in [0.4, 0.5) is 0 Å². The topological polar surface area (TPSA) is 114 Å². The Balaban J connectivity index is 0.000000137. The van der Waals surface area contributed by atoms with Crippen LogP contribution < -0.4 is 0 Å². The van der Waals surface area contributed by atoms with Gasteiger partial charge in [0.15, 0.2) is 11.6 Å². The summed E-state index contributed by atoms with van der Waals surface area (Å²) in [5.74, 6) is 1.27. The van der Waals surface area contributed by atoms with Gasteiger partial charge in [0.1, 0.15) is 44.7 Å². The molecule has 0 aliphatic rings. The van der Waals surface area contributed by atoms with E-state index >= 15 is 0 Å². The minimum absolute atomic E-state index is 0.610. The fourth-order valence-corrected chi connectivity index (χ4v) is 18.8. The number of rotatable bonds is 12. The van der Waals surface area contributed by atoms with E-state index in [-0.39, 0.29) is 0 Å². The number of para-hydroxylation sites is 4. The molecule has 0 radical (unpaired) electrons. The first-order valence-electron chi connectivity index (χ1n) is 42.4. The lowest BCUT2D eigenvalue weighted by Gasteiger charge is -2.09. The Morgan fingerprint density at radius 1 is 0.159 bits per heavy atom. The van der Waals surface area contributed by atoms with E-state index in [0.717, 1.165) is 183 Å². The number of furan rings is 4. The van der Waals surface area contributed by atoms with Crippen LogP contribution in [0.1, 0.15) is 0 Å². The van der Waals surface area contributed by atoms with Crippen LogP contribution in [-0.2, 0) is 0 Å². The molecule has 0 spiro atoms. The van der Waals surface area contributed by atoms with Gasteiger partial charge in [0.25, 0.3) is 0 Å². The molecule has 18 aromatic carbocycles. The Kier molecular flexibility index (Phi) is 16.7. The standard InChI is InChI=1S/2C58H35N3O2/c1-5-15-36(16-6-1)39-27-29-52-46(31-39)47-32-40(28-30-53(47)61(52)41-21-11-4-12-22-41)42-23-13-24-43-48-33-55-49(34-54(48)62-56(42)43)44-25-14-26-45(57(44)63-55)58-59-50(37-17-7-2-8-18-37)35-51(60-58)38-19-9-3-10-20-38;1-5-13-36(14-6-1)39-21-25-52-44(29-39)45-30-40(22-26-53(45)61(52)43-19-11-4-12-20-43)41-23-27-54-46(31-41)48-33-57-49(34-56(48)62-54)47-32-42(24-28-55(47)63-57)58-59-50(37-15-7-2-8-16-37)35-51(60-58)38-17-9-3-10-18-38/h2*1-35H. The van der Waals surface area contributed by atoms with Gasteiger partial charge in [0.05, 0.1) is 50.4 Å². The van der Waals surface area contributed by atoms with Crippen LogP contribution >= 0.6 is 0 Å². The largest absolute Gasteiger partial charge is 0.456 e. The van der Waals surface area contributed by atoms with Crippen molar-refractivity contribution in [2.24, 2.45) is 0 Å². The van der Waals surface area contributed by atoms with E-state index in [4.69, 9.17) is 37.6 Å². The smallest absolute Gasteiger partial charge is 0.164 e. The summed E-state index contributed by atoms with van der Waals surface area (Å²) < 4.78 is 31.6. The highest BCUT2D eigenvalue weighted by Crippen LogP contribution is 2.47. The molecule has 126 heavy (non-hydrogen) atoms. The molecule has 0 fully saturated rings. The van der Waals surface area contributed by atoms with Gasteiger partial charge >= 0.3 is 0 Å². The van der Waals surface area contributed by atoms with E-state index in [1.165, 1.54) is 60.3 Å². The summed E-state index contributed by atoms with van der Waals surface area (Å²) in [6, 6.07) is 149. The second-order valence-electron chi connectivity index (χ2n) is 32.3. The average molecular weight is 1610 g/mol. The lowest BCUT2D eigenvalue weighted by Crippen LogP contribution is -1.96. The van der Waals surface area contributed by atoms with Crippen molar-refractivity contribution >= 4 is 131 Å². The first kappa shape index (κ1) is 71.8. The first-order valence-corrected chi connectivity index (χ1v) is 42.4. The van der Waals surface area contributed by atoms with Crippen LogP contribution in [0.25, 0.3) is 255 Å². The monoisotopic (exact) mass is 1610 g/mol. The molecule has 0 unspecified atom stereocenters. The maximum Gasteiger partial charge on any atom is 0.164 e. The van der Waals surface area contributed by atoms with E-state index in [2.05, 4.69) is 343 Å². The molecule has 0 saturated heterocycles. The zero-order valence-electron chi connectivity index (χ0n) is 67.7. The lowest BCUT2D eigenvalue weighted by atomic mass is 9.99. The molecule has 26 aromatic rings. The fraction of sp³-hybridized carbons (Fsp3) is 0. The van der Waals surface area contributed by atoms with Crippen molar-refractivity contribution in [2.75, 3.05) is 0 Å². The minimum atomic E-state index is 0.610. The zero-order chi connectivity index (χ0) is 82.9. The van der Waals surface area contributed by atoms with Gasteiger partial charge in [-0.3, -0.25) is 0 Å². The van der Waals surface area contributed by atoms with Crippen molar-refractivity contribution < 1.29 is 17.7 Å². The maximum atomic E-state index is 6.89. The van der Waals surface area contributed by atoms with Crippen LogP contribution in [0.3, 0.4) is 0 Å². The Morgan fingerprint density at radius 2 is 0.437 bits per heavy atom. The summed E-state index contributed by atoms with van der Waals surface area (Å²) >= 11 is 0. The number of benzene rings is 18. The molecule has 0 aliphatic heterocycles. The highest BCUT2D eigenvalue weighted by Gasteiger charge is 2.25. The second-order valence-corrected chi connectivity index (χ2v) is 32.3. The number of hydrogen-bond acceptors (Lipinski definition) is 8. The summed E-state index contributed by atoms with van der Waals surface area (Å²) in [5, 5.41) is 12.8. The molecule has 10 heteroatoms. The molecule has 0 aliphatic carbocycles. The lowest BCUT2D eigenvalue weighted by molar-refractivity contribution is 0.664. The predicted molar refractivity (Wildman–Crippen MR) is 516 cm³/mol. The van der Waals surface area contributed by atoms with Gasteiger partial charge in [0, 0.05) is 109 Å². The number of fused-ring (bicyclic) bond motifs is 18. The van der Waals surface area contributed by atoms with E-state index in [1.54, 1.807) is 0 Å². The molecule has 8 heterocycles. The summed E-state index contributed by atoms with van der Waals surface area (Å²) in [6.07, 6.45) is 0. The van der Waals surface area contributed by atoms with Gasteiger partial charge in [-0.05, 0) is 185 Å². The highest BCUT2D eigenvalue weighted by atomic mass is 16.3. The van der Waals surface area contributed by atoms with Crippen molar-refractivity contribution in [3.63, 3.8) is 0 Å². The number of hydrogen-bond donors (Lipinski definition) is 0. The molecular formula is C116H70N6O4. The molecule has 26 rings (SSSR count). The molecule has 10 nitrogen and oxygen atoms in total. The highest BCUT2D eigenvalue weighted by molar-refractivity contribution is 6.20. The fourth-order valence-electron chi connectivity index (χ4n) is 18.8.